The van der Waals surface area contributed by atoms with Gasteiger partial charge in [-0.2, -0.15) is 0 Å². The molecule has 1 aliphatic carbocycles. The van der Waals surface area contributed by atoms with E-state index in [0.29, 0.717) is 23.2 Å². The molecule has 9 heteroatoms. The maximum absolute atomic E-state index is 12.6. The third-order valence-corrected chi connectivity index (χ3v) is 5.28. The molecule has 1 amide bonds. The fraction of sp³-hybridized carbons (Fsp3) is 0.333. The monoisotopic (exact) mass is 431 g/mol. The Morgan fingerprint density at radius 3 is 2.67 bits per heavy atom. The second-order valence-electron chi connectivity index (χ2n) is 7.20. The highest BCUT2D eigenvalue weighted by molar-refractivity contribution is 6.31. The Kier molecular flexibility index (Phi) is 6.89. The molecule has 0 heterocycles. The minimum absolute atomic E-state index is 0.0284. The van der Waals surface area contributed by atoms with Crippen LogP contribution in [-0.2, 0) is 16.1 Å². The lowest BCUT2D eigenvalue weighted by Crippen LogP contribution is -2.37. The molecule has 1 atom stereocenters. The van der Waals surface area contributed by atoms with E-state index in [2.05, 4.69) is 10.6 Å². The fourth-order valence-electron chi connectivity index (χ4n) is 3.02. The molecule has 1 fully saturated rings. The zero-order chi connectivity index (χ0) is 21.7. The number of ether oxygens (including phenoxy) is 1. The Bertz CT molecular complexity index is 961. The number of nitro benzene ring substituents is 1. The summed E-state index contributed by atoms with van der Waals surface area (Å²) >= 11 is 6.15. The minimum Gasteiger partial charge on any atom is -0.452 e. The van der Waals surface area contributed by atoms with Gasteiger partial charge in [0.15, 0.2) is 6.61 Å². The number of esters is 1. The molecule has 1 unspecified atom stereocenters. The van der Waals surface area contributed by atoms with Crippen molar-refractivity contribution in [3.05, 3.63) is 68.7 Å². The molecule has 0 bridgehead atoms. The number of carbonyl (C=O) groups excluding carboxylic acids is 2. The van der Waals surface area contributed by atoms with E-state index in [-0.39, 0.29) is 17.3 Å². The number of carbonyl (C=O) groups is 2. The van der Waals surface area contributed by atoms with E-state index in [4.69, 9.17) is 16.3 Å². The number of hydrogen-bond acceptors (Lipinski definition) is 6. The minimum atomic E-state index is -0.824. The summed E-state index contributed by atoms with van der Waals surface area (Å²) in [4.78, 5) is 35.1. The van der Waals surface area contributed by atoms with Gasteiger partial charge in [0.2, 0.25) is 0 Å². The number of nitrogens with one attached hydrogen (secondary N) is 2. The highest BCUT2D eigenvalue weighted by Gasteiger charge is 2.29. The molecule has 2 N–H and O–H groups in total. The van der Waals surface area contributed by atoms with Crippen molar-refractivity contribution < 1.29 is 19.2 Å². The van der Waals surface area contributed by atoms with Crippen LogP contribution in [0.2, 0.25) is 5.02 Å². The number of rotatable bonds is 9. The van der Waals surface area contributed by atoms with Crippen LogP contribution in [0.4, 0.5) is 11.4 Å². The molecule has 2 aromatic rings. The van der Waals surface area contributed by atoms with Crippen molar-refractivity contribution in [1.82, 2.24) is 5.32 Å². The molecule has 158 valence electrons. The smallest absolute Gasteiger partial charge is 0.341 e. The van der Waals surface area contributed by atoms with Gasteiger partial charge in [-0.15, -0.1) is 0 Å². The third-order valence-electron chi connectivity index (χ3n) is 4.91. The Morgan fingerprint density at radius 1 is 1.27 bits per heavy atom. The van der Waals surface area contributed by atoms with E-state index in [1.165, 1.54) is 12.1 Å². The summed E-state index contributed by atoms with van der Waals surface area (Å²) in [5.74, 6) is -0.754. The topological polar surface area (TPSA) is 111 Å². The summed E-state index contributed by atoms with van der Waals surface area (Å²) in [7, 11) is 0. The predicted molar refractivity (Wildman–Crippen MR) is 112 cm³/mol. The highest BCUT2D eigenvalue weighted by Crippen LogP contribution is 2.32. The number of halogens is 1. The first-order chi connectivity index (χ1) is 14.3. The van der Waals surface area contributed by atoms with Crippen LogP contribution in [0.15, 0.2) is 42.5 Å². The van der Waals surface area contributed by atoms with Gasteiger partial charge in [0.05, 0.1) is 10.5 Å². The van der Waals surface area contributed by atoms with Gasteiger partial charge >= 0.3 is 5.97 Å². The first-order valence-corrected chi connectivity index (χ1v) is 9.95. The number of hydrogen-bond donors (Lipinski definition) is 2. The van der Waals surface area contributed by atoms with Crippen molar-refractivity contribution in [2.24, 2.45) is 5.92 Å². The molecule has 0 saturated heterocycles. The predicted octanol–water partition coefficient (Wildman–Crippen LogP) is 3.93. The number of benzene rings is 2. The first-order valence-electron chi connectivity index (χ1n) is 9.57. The van der Waals surface area contributed by atoms with Crippen LogP contribution >= 0.6 is 11.6 Å². The second-order valence-corrected chi connectivity index (χ2v) is 7.61. The van der Waals surface area contributed by atoms with Crippen LogP contribution in [0, 0.1) is 16.0 Å². The van der Waals surface area contributed by atoms with E-state index < -0.39 is 23.4 Å². The first kappa shape index (κ1) is 21.6. The number of amides is 1. The fourth-order valence-corrected chi connectivity index (χ4v) is 3.22. The Labute approximate surface area is 178 Å². The quantitative estimate of drug-likeness (QED) is 0.353. The van der Waals surface area contributed by atoms with Crippen LogP contribution in [0.3, 0.4) is 0 Å². The van der Waals surface area contributed by atoms with Crippen molar-refractivity contribution in [3.8, 4) is 0 Å². The maximum atomic E-state index is 12.6. The molecule has 1 saturated carbocycles. The lowest BCUT2D eigenvalue weighted by molar-refractivity contribution is -0.384. The van der Waals surface area contributed by atoms with Gasteiger partial charge in [0.25, 0.3) is 11.6 Å². The Hall–Kier alpha value is -3.13. The average Bonchev–Trinajstić information content (AvgIpc) is 3.56. The Balaban J connectivity index is 1.69. The van der Waals surface area contributed by atoms with Crippen molar-refractivity contribution in [1.29, 1.82) is 0 Å². The van der Waals surface area contributed by atoms with E-state index in [1.807, 2.05) is 19.1 Å². The van der Waals surface area contributed by atoms with Gasteiger partial charge in [-0.25, -0.2) is 4.79 Å². The van der Waals surface area contributed by atoms with Gasteiger partial charge in [-0.05, 0) is 43.4 Å². The van der Waals surface area contributed by atoms with Gasteiger partial charge in [0.1, 0.15) is 0 Å². The molecule has 3 rings (SSSR count). The molecule has 0 aromatic heterocycles. The summed E-state index contributed by atoms with van der Waals surface area (Å²) < 4.78 is 5.10. The molecule has 0 spiro atoms. The summed E-state index contributed by atoms with van der Waals surface area (Å²) in [5.41, 5.74) is 0.860. The summed E-state index contributed by atoms with van der Waals surface area (Å²) in [5, 5.41) is 17.5. The lowest BCUT2D eigenvalue weighted by atomic mass is 10.1. The summed E-state index contributed by atoms with van der Waals surface area (Å²) in [6.07, 6.45) is 2.16. The summed E-state index contributed by atoms with van der Waals surface area (Å²) in [6.45, 7) is 1.76. The van der Waals surface area contributed by atoms with Crippen LogP contribution in [-0.4, -0.2) is 29.4 Å². The summed E-state index contributed by atoms with van der Waals surface area (Å²) in [6, 6.07) is 11.1. The van der Waals surface area contributed by atoms with Crippen molar-refractivity contribution in [3.63, 3.8) is 0 Å². The molecule has 8 nitrogen and oxygen atoms in total. The van der Waals surface area contributed by atoms with Crippen molar-refractivity contribution >= 4 is 34.9 Å². The standard InChI is InChI=1S/C21H22ClN3O5/c1-13(14-6-7-14)24-20(26)12-30-21(27)17-10-16(25(28)29)8-9-19(17)23-11-15-4-2-3-5-18(15)22/h2-5,8-10,13-14,23H,6-7,11-12H2,1H3,(H,24,26). The number of nitrogens with zero attached hydrogens (tertiary/aromatic N) is 1. The van der Waals surface area contributed by atoms with E-state index in [0.717, 1.165) is 24.5 Å². The van der Waals surface area contributed by atoms with Gasteiger partial charge in [-0.3, -0.25) is 14.9 Å². The van der Waals surface area contributed by atoms with Crippen LogP contribution < -0.4 is 10.6 Å². The third kappa shape index (κ3) is 5.70. The molecule has 0 radical (unpaired) electrons. The lowest BCUT2D eigenvalue weighted by Gasteiger charge is -2.14. The molecule has 1 aliphatic rings. The van der Waals surface area contributed by atoms with Crippen molar-refractivity contribution in [2.75, 3.05) is 11.9 Å². The van der Waals surface area contributed by atoms with E-state index >= 15 is 0 Å². The molecule has 0 aliphatic heterocycles. The number of anilines is 1. The average molecular weight is 432 g/mol. The van der Waals surface area contributed by atoms with Crippen LogP contribution in [0.25, 0.3) is 0 Å². The largest absolute Gasteiger partial charge is 0.452 e. The van der Waals surface area contributed by atoms with E-state index in [1.54, 1.807) is 12.1 Å². The number of non-ortho nitro benzene ring substituents is 1. The van der Waals surface area contributed by atoms with Crippen molar-refractivity contribution in [2.45, 2.75) is 32.4 Å². The van der Waals surface area contributed by atoms with Crippen LogP contribution in [0.5, 0.6) is 0 Å². The maximum Gasteiger partial charge on any atom is 0.341 e. The van der Waals surface area contributed by atoms with Gasteiger partial charge < -0.3 is 15.4 Å². The number of nitro groups is 1. The zero-order valence-corrected chi connectivity index (χ0v) is 17.1. The van der Waals surface area contributed by atoms with Gasteiger partial charge in [0, 0.05) is 35.4 Å². The van der Waals surface area contributed by atoms with Gasteiger partial charge in [-0.1, -0.05) is 29.8 Å². The highest BCUT2D eigenvalue weighted by atomic mass is 35.5. The second kappa shape index (κ2) is 9.58. The normalized spacial score (nSPS) is 13.9. The zero-order valence-electron chi connectivity index (χ0n) is 16.4. The van der Waals surface area contributed by atoms with Crippen LogP contribution in [0.1, 0.15) is 35.7 Å². The van der Waals surface area contributed by atoms with E-state index in [9.17, 15) is 19.7 Å². The molecule has 2 aromatic carbocycles. The SMILES string of the molecule is CC(NC(=O)COC(=O)c1cc([N+](=O)[O-])ccc1NCc1ccccc1Cl)C1CC1. The molecular formula is C21H22ClN3O5. The molecular weight excluding hydrogens is 410 g/mol. The molecule has 30 heavy (non-hydrogen) atoms. The Morgan fingerprint density at radius 2 is 2.00 bits per heavy atom.